The first-order valence-corrected chi connectivity index (χ1v) is 8.21. The molecule has 3 nitrogen and oxygen atoms in total. The van der Waals surface area contributed by atoms with Crippen LogP contribution in [0.5, 0.6) is 0 Å². The minimum Gasteiger partial charge on any atom is -0.295 e. The first-order chi connectivity index (χ1) is 10.7. The molecule has 1 aromatic heterocycles. The second kappa shape index (κ2) is 6.20. The fraction of sp³-hybridized carbons (Fsp3) is 0.111. The zero-order valence-corrected chi connectivity index (χ0v) is 13.3. The molecule has 110 valence electrons. The Hall–Kier alpha value is -2.33. The molecular formula is C18H16N2OS. The molecule has 2 aromatic carbocycles. The van der Waals surface area contributed by atoms with Gasteiger partial charge in [-0.3, -0.25) is 9.36 Å². The minimum atomic E-state index is -0.00861. The van der Waals surface area contributed by atoms with Gasteiger partial charge in [-0.05, 0) is 25.3 Å². The van der Waals surface area contributed by atoms with Gasteiger partial charge in [0.2, 0.25) is 5.78 Å². The number of benzene rings is 2. The molecule has 0 saturated heterocycles. The van der Waals surface area contributed by atoms with E-state index in [0.29, 0.717) is 11.3 Å². The van der Waals surface area contributed by atoms with Crippen LogP contribution in [0, 0.1) is 6.92 Å². The van der Waals surface area contributed by atoms with Crippen molar-refractivity contribution in [3.8, 4) is 5.69 Å². The van der Waals surface area contributed by atoms with Crippen LogP contribution in [0.1, 0.15) is 21.6 Å². The van der Waals surface area contributed by atoms with Gasteiger partial charge in [0.1, 0.15) is 17.0 Å². The Kier molecular flexibility index (Phi) is 4.11. The molecule has 0 radical (unpaired) electrons. The lowest BCUT2D eigenvalue weighted by Gasteiger charge is -2.09. The summed E-state index contributed by atoms with van der Waals surface area (Å²) >= 11 is 1.48. The Balaban J connectivity index is 2.11. The Labute approximate surface area is 134 Å². The molecule has 3 aromatic rings. The summed E-state index contributed by atoms with van der Waals surface area (Å²) < 4.78 is 1.86. The van der Waals surface area contributed by atoms with E-state index in [1.165, 1.54) is 11.8 Å². The summed E-state index contributed by atoms with van der Waals surface area (Å²) in [5.74, 6) is -0.00861. The highest BCUT2D eigenvalue weighted by Crippen LogP contribution is 2.24. The van der Waals surface area contributed by atoms with Crippen LogP contribution in [0.15, 0.2) is 66.0 Å². The number of carbonyl (C=O) groups excluding carboxylic acids is 1. The number of nitrogens with zero attached hydrogens (tertiary/aromatic N) is 2. The molecule has 1 heterocycles. The Morgan fingerprint density at radius 2 is 1.73 bits per heavy atom. The van der Waals surface area contributed by atoms with E-state index >= 15 is 0 Å². The number of aryl methyl sites for hydroxylation is 1. The molecule has 22 heavy (non-hydrogen) atoms. The lowest BCUT2D eigenvalue weighted by atomic mass is 10.1. The predicted octanol–water partition coefficient (Wildman–Crippen LogP) is 4.13. The summed E-state index contributed by atoms with van der Waals surface area (Å²) in [6, 6.07) is 17.4. The van der Waals surface area contributed by atoms with Gasteiger partial charge in [-0.1, -0.05) is 48.0 Å². The monoisotopic (exact) mass is 308 g/mol. The van der Waals surface area contributed by atoms with E-state index in [-0.39, 0.29) is 5.78 Å². The van der Waals surface area contributed by atoms with Crippen LogP contribution in [0.3, 0.4) is 0 Å². The molecule has 0 atom stereocenters. The van der Waals surface area contributed by atoms with Gasteiger partial charge >= 0.3 is 0 Å². The Morgan fingerprint density at radius 3 is 2.36 bits per heavy atom. The van der Waals surface area contributed by atoms with Crippen LogP contribution in [0.4, 0.5) is 0 Å². The van der Waals surface area contributed by atoms with E-state index in [0.717, 1.165) is 16.3 Å². The van der Waals surface area contributed by atoms with Crippen molar-refractivity contribution in [3.05, 3.63) is 77.7 Å². The van der Waals surface area contributed by atoms with Crippen LogP contribution in [-0.4, -0.2) is 21.6 Å². The molecule has 0 aliphatic carbocycles. The van der Waals surface area contributed by atoms with E-state index in [2.05, 4.69) is 4.98 Å². The van der Waals surface area contributed by atoms with Crippen molar-refractivity contribution in [2.75, 3.05) is 6.26 Å². The summed E-state index contributed by atoms with van der Waals surface area (Å²) in [4.78, 5) is 17.3. The third-order valence-corrected chi connectivity index (χ3v) is 4.18. The van der Waals surface area contributed by atoms with Crippen molar-refractivity contribution in [3.63, 3.8) is 0 Å². The zero-order valence-electron chi connectivity index (χ0n) is 12.5. The lowest BCUT2D eigenvalue weighted by Crippen LogP contribution is -2.09. The third kappa shape index (κ3) is 2.70. The summed E-state index contributed by atoms with van der Waals surface area (Å²) in [6.07, 6.45) is 3.65. The van der Waals surface area contributed by atoms with Gasteiger partial charge < -0.3 is 0 Å². The number of para-hydroxylation sites is 1. The third-order valence-electron chi connectivity index (χ3n) is 3.49. The standard InChI is InChI=1S/C18H16N2OS/c1-13-8-10-14(11-9-13)17(21)16-18(22-2)19-12-20(16)15-6-4-3-5-7-15/h3-12H,1-2H3. The lowest BCUT2D eigenvalue weighted by molar-refractivity contribution is 0.102. The Morgan fingerprint density at radius 1 is 1.05 bits per heavy atom. The van der Waals surface area contributed by atoms with Crippen molar-refractivity contribution >= 4 is 17.5 Å². The molecule has 0 amide bonds. The van der Waals surface area contributed by atoms with Gasteiger partial charge in [-0.2, -0.15) is 0 Å². The van der Waals surface area contributed by atoms with E-state index in [9.17, 15) is 4.79 Å². The number of imidazole rings is 1. The van der Waals surface area contributed by atoms with E-state index in [1.54, 1.807) is 6.33 Å². The molecule has 0 aliphatic rings. The minimum absolute atomic E-state index is 0.00861. The molecule has 0 aliphatic heterocycles. The average molecular weight is 308 g/mol. The van der Waals surface area contributed by atoms with Gasteiger partial charge in [0.05, 0.1) is 0 Å². The fourth-order valence-electron chi connectivity index (χ4n) is 2.31. The summed E-state index contributed by atoms with van der Waals surface area (Å²) in [5, 5.41) is 0.745. The molecule has 0 N–H and O–H groups in total. The summed E-state index contributed by atoms with van der Waals surface area (Å²) in [6.45, 7) is 2.01. The maximum atomic E-state index is 12.9. The summed E-state index contributed by atoms with van der Waals surface area (Å²) in [7, 11) is 0. The molecule has 4 heteroatoms. The van der Waals surface area contributed by atoms with Crippen molar-refractivity contribution in [2.45, 2.75) is 11.9 Å². The smallest absolute Gasteiger partial charge is 0.212 e. The predicted molar refractivity (Wildman–Crippen MR) is 90.0 cm³/mol. The number of hydrogen-bond acceptors (Lipinski definition) is 3. The molecule has 0 fully saturated rings. The largest absolute Gasteiger partial charge is 0.295 e. The molecule has 0 spiro atoms. The number of carbonyl (C=O) groups is 1. The van der Waals surface area contributed by atoms with E-state index < -0.39 is 0 Å². The number of thioether (sulfide) groups is 1. The zero-order chi connectivity index (χ0) is 15.5. The first kappa shape index (κ1) is 14.6. The van der Waals surface area contributed by atoms with Gasteiger partial charge in [0.25, 0.3) is 0 Å². The van der Waals surface area contributed by atoms with Gasteiger partial charge in [-0.15, -0.1) is 11.8 Å². The Bertz CT molecular complexity index is 792. The van der Waals surface area contributed by atoms with Crippen LogP contribution in [0.25, 0.3) is 5.69 Å². The molecule has 0 bridgehead atoms. The van der Waals surface area contributed by atoms with Gasteiger partial charge in [0, 0.05) is 11.3 Å². The number of rotatable bonds is 4. The number of ketones is 1. The van der Waals surface area contributed by atoms with Crippen LogP contribution >= 0.6 is 11.8 Å². The van der Waals surface area contributed by atoms with Crippen molar-refractivity contribution < 1.29 is 4.79 Å². The molecule has 0 unspecified atom stereocenters. The van der Waals surface area contributed by atoms with Crippen LogP contribution in [-0.2, 0) is 0 Å². The maximum Gasteiger partial charge on any atom is 0.212 e. The second-order valence-electron chi connectivity index (χ2n) is 5.00. The van der Waals surface area contributed by atoms with Gasteiger partial charge in [-0.25, -0.2) is 4.98 Å². The highest BCUT2D eigenvalue weighted by Gasteiger charge is 2.20. The van der Waals surface area contributed by atoms with Gasteiger partial charge in [0.15, 0.2) is 0 Å². The average Bonchev–Trinajstić information content (AvgIpc) is 2.99. The van der Waals surface area contributed by atoms with E-state index in [4.69, 9.17) is 0 Å². The quantitative estimate of drug-likeness (QED) is 0.537. The van der Waals surface area contributed by atoms with Crippen molar-refractivity contribution in [1.29, 1.82) is 0 Å². The number of hydrogen-bond donors (Lipinski definition) is 0. The number of aromatic nitrogens is 2. The maximum absolute atomic E-state index is 12.9. The normalized spacial score (nSPS) is 10.6. The molecular weight excluding hydrogens is 292 g/mol. The first-order valence-electron chi connectivity index (χ1n) is 6.99. The second-order valence-corrected chi connectivity index (χ2v) is 5.80. The van der Waals surface area contributed by atoms with Crippen molar-refractivity contribution in [2.24, 2.45) is 0 Å². The molecule has 0 saturated carbocycles. The van der Waals surface area contributed by atoms with Crippen LogP contribution in [0.2, 0.25) is 0 Å². The molecule has 3 rings (SSSR count). The van der Waals surface area contributed by atoms with E-state index in [1.807, 2.05) is 72.3 Å². The highest BCUT2D eigenvalue weighted by molar-refractivity contribution is 7.98. The SMILES string of the molecule is CSc1ncn(-c2ccccc2)c1C(=O)c1ccc(C)cc1. The topological polar surface area (TPSA) is 34.9 Å². The fourth-order valence-corrected chi connectivity index (χ4v) is 2.85. The summed E-state index contributed by atoms with van der Waals surface area (Å²) in [5.41, 5.74) is 3.37. The van der Waals surface area contributed by atoms with Crippen LogP contribution < -0.4 is 0 Å². The highest BCUT2D eigenvalue weighted by atomic mass is 32.2. The van der Waals surface area contributed by atoms with Crippen molar-refractivity contribution in [1.82, 2.24) is 9.55 Å².